The summed E-state index contributed by atoms with van der Waals surface area (Å²) in [6.45, 7) is 9.19. The summed E-state index contributed by atoms with van der Waals surface area (Å²) in [4.78, 5) is 44.1. The SMILES string of the molecule is Cc1ccc(C(=O)OOC(OOC(=O)c2ccc(C)cc2)C(C)(C)C)cc1. The Morgan fingerprint density at radius 2 is 1.04 bits per heavy atom. The van der Waals surface area contributed by atoms with Crippen LogP contribution in [0.25, 0.3) is 0 Å². The molecule has 0 fully saturated rings. The summed E-state index contributed by atoms with van der Waals surface area (Å²) in [5.74, 6) is -1.34. The van der Waals surface area contributed by atoms with Gasteiger partial charge in [-0.25, -0.2) is 9.59 Å². The van der Waals surface area contributed by atoms with Gasteiger partial charge in [0.1, 0.15) is 0 Å². The number of hydrogen-bond donors (Lipinski definition) is 0. The molecular weight excluding hydrogens is 348 g/mol. The van der Waals surface area contributed by atoms with E-state index in [1.807, 2.05) is 13.8 Å². The lowest BCUT2D eigenvalue weighted by atomic mass is 9.96. The monoisotopic (exact) mass is 372 g/mol. The number of benzene rings is 2. The minimum atomic E-state index is -1.11. The fraction of sp³-hybridized carbons (Fsp3) is 0.333. The van der Waals surface area contributed by atoms with Gasteiger partial charge in [-0.05, 0) is 38.1 Å². The van der Waals surface area contributed by atoms with Crippen LogP contribution in [0.2, 0.25) is 0 Å². The number of carbonyl (C=O) groups is 2. The molecule has 0 amide bonds. The molecule has 0 unspecified atom stereocenters. The Kier molecular flexibility index (Phi) is 6.71. The molecule has 2 aromatic rings. The van der Waals surface area contributed by atoms with Crippen LogP contribution in [0.5, 0.6) is 0 Å². The summed E-state index contributed by atoms with van der Waals surface area (Å²) < 4.78 is 0. The molecule has 0 aliphatic heterocycles. The maximum atomic E-state index is 12.1. The molecule has 144 valence electrons. The van der Waals surface area contributed by atoms with E-state index in [0.29, 0.717) is 11.1 Å². The summed E-state index contributed by atoms with van der Waals surface area (Å²) in [7, 11) is 0. The molecule has 0 spiro atoms. The number of aryl methyl sites for hydroxylation is 2. The van der Waals surface area contributed by atoms with Crippen LogP contribution < -0.4 is 0 Å². The quantitative estimate of drug-likeness (QED) is 0.421. The van der Waals surface area contributed by atoms with Crippen molar-refractivity contribution in [1.82, 2.24) is 0 Å². The van der Waals surface area contributed by atoms with Gasteiger partial charge in [0, 0.05) is 5.41 Å². The lowest BCUT2D eigenvalue weighted by molar-refractivity contribution is -0.442. The second kappa shape index (κ2) is 8.79. The van der Waals surface area contributed by atoms with Gasteiger partial charge in [-0.2, -0.15) is 0 Å². The van der Waals surface area contributed by atoms with Gasteiger partial charge < -0.3 is 0 Å². The molecule has 0 saturated heterocycles. The topological polar surface area (TPSA) is 71.1 Å². The highest BCUT2D eigenvalue weighted by molar-refractivity contribution is 5.89. The van der Waals surface area contributed by atoms with Crippen LogP contribution in [0, 0.1) is 19.3 Å². The van der Waals surface area contributed by atoms with Crippen molar-refractivity contribution >= 4 is 11.9 Å². The summed E-state index contributed by atoms with van der Waals surface area (Å²) in [5.41, 5.74) is 2.09. The zero-order valence-corrected chi connectivity index (χ0v) is 16.1. The van der Waals surface area contributed by atoms with Crippen molar-refractivity contribution in [3.05, 3.63) is 70.8 Å². The molecular formula is C21H24O6. The van der Waals surface area contributed by atoms with Gasteiger partial charge in [-0.3, -0.25) is 9.78 Å². The summed E-state index contributed by atoms with van der Waals surface area (Å²) in [5, 5.41) is 0. The zero-order valence-electron chi connectivity index (χ0n) is 16.1. The van der Waals surface area contributed by atoms with Crippen molar-refractivity contribution in [2.24, 2.45) is 5.41 Å². The Hall–Kier alpha value is -2.70. The summed E-state index contributed by atoms with van der Waals surface area (Å²) in [6.07, 6.45) is -1.11. The van der Waals surface area contributed by atoms with Crippen LogP contribution in [-0.4, -0.2) is 18.2 Å². The van der Waals surface area contributed by atoms with Crippen molar-refractivity contribution in [2.45, 2.75) is 40.9 Å². The van der Waals surface area contributed by atoms with Gasteiger partial charge in [0.2, 0.25) is 0 Å². The summed E-state index contributed by atoms with van der Waals surface area (Å²) >= 11 is 0. The maximum absolute atomic E-state index is 12.1. The fourth-order valence-corrected chi connectivity index (χ4v) is 1.96. The lowest BCUT2D eigenvalue weighted by Crippen LogP contribution is -2.34. The largest absolute Gasteiger partial charge is 0.373 e. The van der Waals surface area contributed by atoms with Crippen LogP contribution in [0.15, 0.2) is 48.5 Å². The molecule has 0 bridgehead atoms. The fourth-order valence-electron chi connectivity index (χ4n) is 1.96. The minimum Gasteiger partial charge on any atom is -0.290 e. The standard InChI is InChI=1S/C21H24O6/c1-14-6-10-16(11-7-14)18(22)24-26-20(21(3,4)5)27-25-19(23)17-12-8-15(2)9-13-17/h6-13,20H,1-5H3. The van der Waals surface area contributed by atoms with Gasteiger partial charge in [0.15, 0.2) is 0 Å². The van der Waals surface area contributed by atoms with E-state index in [0.717, 1.165) is 11.1 Å². The van der Waals surface area contributed by atoms with Gasteiger partial charge >= 0.3 is 11.9 Å². The van der Waals surface area contributed by atoms with Crippen LogP contribution >= 0.6 is 0 Å². The van der Waals surface area contributed by atoms with Crippen molar-refractivity contribution < 1.29 is 29.1 Å². The molecule has 0 radical (unpaired) electrons. The van der Waals surface area contributed by atoms with E-state index >= 15 is 0 Å². The third-order valence-electron chi connectivity index (χ3n) is 3.70. The Morgan fingerprint density at radius 1 is 0.704 bits per heavy atom. The first-order valence-corrected chi connectivity index (χ1v) is 8.55. The van der Waals surface area contributed by atoms with Crippen molar-refractivity contribution in [3.8, 4) is 0 Å². The maximum Gasteiger partial charge on any atom is 0.373 e. The van der Waals surface area contributed by atoms with Crippen molar-refractivity contribution in [3.63, 3.8) is 0 Å². The predicted molar refractivity (Wildman–Crippen MR) is 98.6 cm³/mol. The smallest absolute Gasteiger partial charge is 0.290 e. The van der Waals surface area contributed by atoms with Crippen LogP contribution in [0.3, 0.4) is 0 Å². The third kappa shape index (κ3) is 6.20. The Morgan fingerprint density at radius 3 is 1.33 bits per heavy atom. The van der Waals surface area contributed by atoms with Crippen LogP contribution in [-0.2, 0) is 19.6 Å². The first-order valence-electron chi connectivity index (χ1n) is 8.55. The van der Waals surface area contributed by atoms with E-state index in [2.05, 4.69) is 0 Å². The van der Waals surface area contributed by atoms with E-state index in [9.17, 15) is 9.59 Å². The molecule has 27 heavy (non-hydrogen) atoms. The number of hydrogen-bond acceptors (Lipinski definition) is 6. The average Bonchev–Trinajstić information content (AvgIpc) is 2.61. The van der Waals surface area contributed by atoms with E-state index in [4.69, 9.17) is 19.6 Å². The van der Waals surface area contributed by atoms with E-state index in [1.54, 1.807) is 69.3 Å². The van der Waals surface area contributed by atoms with Crippen molar-refractivity contribution in [2.75, 3.05) is 0 Å². The molecule has 0 atom stereocenters. The molecule has 0 saturated carbocycles. The third-order valence-corrected chi connectivity index (χ3v) is 3.70. The molecule has 2 aromatic carbocycles. The number of carbonyl (C=O) groups excluding carboxylic acids is 2. The second-order valence-corrected chi connectivity index (χ2v) is 7.36. The van der Waals surface area contributed by atoms with Crippen LogP contribution in [0.1, 0.15) is 52.6 Å². The normalized spacial score (nSPS) is 11.3. The first kappa shape index (κ1) is 20.6. The highest BCUT2D eigenvalue weighted by Crippen LogP contribution is 2.24. The molecule has 0 aliphatic rings. The second-order valence-electron chi connectivity index (χ2n) is 7.36. The highest BCUT2D eigenvalue weighted by atomic mass is 17.3. The minimum absolute atomic E-state index is 0.338. The average molecular weight is 372 g/mol. The Bertz CT molecular complexity index is 710. The molecule has 0 heterocycles. The Balaban J connectivity index is 1.95. The summed E-state index contributed by atoms with van der Waals surface area (Å²) in [6, 6.07) is 13.7. The van der Waals surface area contributed by atoms with Crippen LogP contribution in [0.4, 0.5) is 0 Å². The molecule has 2 rings (SSSR count). The molecule has 6 nitrogen and oxygen atoms in total. The van der Waals surface area contributed by atoms with Gasteiger partial charge in [0.25, 0.3) is 6.29 Å². The molecule has 6 heteroatoms. The van der Waals surface area contributed by atoms with Crippen molar-refractivity contribution in [1.29, 1.82) is 0 Å². The van der Waals surface area contributed by atoms with Gasteiger partial charge in [-0.1, -0.05) is 56.2 Å². The Labute approximate surface area is 158 Å². The van der Waals surface area contributed by atoms with Gasteiger partial charge in [-0.15, -0.1) is 9.78 Å². The highest BCUT2D eigenvalue weighted by Gasteiger charge is 2.32. The van der Waals surface area contributed by atoms with E-state index < -0.39 is 23.6 Å². The van der Waals surface area contributed by atoms with E-state index in [1.165, 1.54) is 0 Å². The molecule has 0 aliphatic carbocycles. The van der Waals surface area contributed by atoms with E-state index in [-0.39, 0.29) is 0 Å². The van der Waals surface area contributed by atoms with Gasteiger partial charge in [0.05, 0.1) is 11.1 Å². The molecule has 0 aromatic heterocycles. The predicted octanol–water partition coefficient (Wildman–Crippen LogP) is 4.55. The lowest BCUT2D eigenvalue weighted by Gasteiger charge is -2.26. The first-order chi connectivity index (χ1) is 12.7. The number of rotatable bonds is 6. The molecule has 0 N–H and O–H groups in total. The zero-order chi connectivity index (χ0) is 20.0.